The van der Waals surface area contributed by atoms with Gasteiger partial charge in [-0.05, 0) is 25.5 Å². The van der Waals surface area contributed by atoms with E-state index in [9.17, 15) is 4.39 Å². The normalized spacial score (nSPS) is 14.6. The second-order valence-corrected chi connectivity index (χ2v) is 3.75. The number of nitrogens with zero attached hydrogens (tertiary/aromatic N) is 1. The molecule has 0 aliphatic carbocycles. The number of nitrogens with two attached hydrogens (primary N) is 1. The predicted molar refractivity (Wildman–Crippen MR) is 53.3 cm³/mol. The van der Waals surface area contributed by atoms with Gasteiger partial charge in [0.05, 0.1) is 11.1 Å². The summed E-state index contributed by atoms with van der Waals surface area (Å²) in [6, 6.07) is 4.63. The summed E-state index contributed by atoms with van der Waals surface area (Å²) in [5.74, 6) is -0.549. The average Bonchev–Trinajstić information content (AvgIpc) is 2.12. The van der Waals surface area contributed by atoms with Gasteiger partial charge in [-0.25, -0.2) is 4.39 Å². The zero-order valence-electron chi connectivity index (χ0n) is 7.94. The van der Waals surface area contributed by atoms with E-state index in [4.69, 9.17) is 22.6 Å². The van der Waals surface area contributed by atoms with E-state index in [1.165, 1.54) is 13.0 Å². The Kier molecular flexibility index (Phi) is 2.79. The van der Waals surface area contributed by atoms with Gasteiger partial charge in [0.2, 0.25) is 0 Å². The fourth-order valence-electron chi connectivity index (χ4n) is 1.19. The number of hydrogen-bond donors (Lipinski definition) is 1. The Morgan fingerprint density at radius 3 is 2.64 bits per heavy atom. The molecule has 74 valence electrons. The third-order valence-corrected chi connectivity index (χ3v) is 2.52. The highest BCUT2D eigenvalue weighted by atomic mass is 35.5. The van der Waals surface area contributed by atoms with Crippen LogP contribution in [0, 0.1) is 24.1 Å². The summed E-state index contributed by atoms with van der Waals surface area (Å²) in [6.07, 6.45) is 0. The SMILES string of the molecule is Cc1ccc(F)c([C@@](C)(N)C#N)c1Cl. The number of halogens is 2. The molecular weight excluding hydrogens is 203 g/mol. The van der Waals surface area contributed by atoms with Gasteiger partial charge in [-0.1, -0.05) is 17.7 Å². The molecule has 2 nitrogen and oxygen atoms in total. The molecule has 0 spiro atoms. The Morgan fingerprint density at radius 2 is 2.14 bits per heavy atom. The molecule has 1 atom stereocenters. The van der Waals surface area contributed by atoms with Gasteiger partial charge in [-0.15, -0.1) is 0 Å². The lowest BCUT2D eigenvalue weighted by atomic mass is 9.93. The predicted octanol–water partition coefficient (Wildman–Crippen LogP) is 2.48. The van der Waals surface area contributed by atoms with Crippen LogP contribution in [0.2, 0.25) is 5.02 Å². The molecule has 2 N–H and O–H groups in total. The molecule has 0 radical (unpaired) electrons. The van der Waals surface area contributed by atoms with Gasteiger partial charge in [0, 0.05) is 5.56 Å². The van der Waals surface area contributed by atoms with Crippen LogP contribution in [0.4, 0.5) is 4.39 Å². The van der Waals surface area contributed by atoms with E-state index < -0.39 is 11.4 Å². The van der Waals surface area contributed by atoms with Crippen molar-refractivity contribution < 1.29 is 4.39 Å². The van der Waals surface area contributed by atoms with E-state index in [0.29, 0.717) is 5.56 Å². The lowest BCUT2D eigenvalue weighted by molar-refractivity contribution is 0.550. The maximum Gasteiger partial charge on any atom is 0.131 e. The molecule has 0 amide bonds. The Morgan fingerprint density at radius 1 is 1.57 bits per heavy atom. The molecule has 1 aromatic rings. The Bertz CT molecular complexity index is 407. The molecule has 0 fully saturated rings. The second kappa shape index (κ2) is 3.56. The number of aryl methyl sites for hydroxylation is 1. The van der Waals surface area contributed by atoms with Crippen molar-refractivity contribution in [3.63, 3.8) is 0 Å². The molecular formula is C10H10ClFN2. The van der Waals surface area contributed by atoms with Gasteiger partial charge in [0.25, 0.3) is 0 Å². The summed E-state index contributed by atoms with van der Waals surface area (Å²) in [6.45, 7) is 3.16. The van der Waals surface area contributed by atoms with Crippen molar-refractivity contribution in [2.45, 2.75) is 19.4 Å². The third kappa shape index (κ3) is 1.72. The maximum absolute atomic E-state index is 13.4. The minimum atomic E-state index is -1.40. The van der Waals surface area contributed by atoms with Crippen molar-refractivity contribution in [1.82, 2.24) is 0 Å². The Balaban J connectivity index is 3.49. The van der Waals surface area contributed by atoms with Gasteiger partial charge in [0.1, 0.15) is 11.4 Å². The first-order valence-electron chi connectivity index (χ1n) is 4.05. The summed E-state index contributed by atoms with van der Waals surface area (Å²) >= 11 is 5.89. The Hall–Kier alpha value is -1.11. The molecule has 1 aromatic carbocycles. The van der Waals surface area contributed by atoms with Crippen LogP contribution in [0.5, 0.6) is 0 Å². The van der Waals surface area contributed by atoms with Crippen LogP contribution in [-0.2, 0) is 5.54 Å². The molecule has 1 rings (SSSR count). The molecule has 0 saturated carbocycles. The molecule has 0 unspecified atom stereocenters. The highest BCUT2D eigenvalue weighted by Crippen LogP contribution is 2.30. The van der Waals surface area contributed by atoms with Gasteiger partial charge in [0.15, 0.2) is 0 Å². The number of rotatable bonds is 1. The molecule has 0 aliphatic heterocycles. The summed E-state index contributed by atoms with van der Waals surface area (Å²) in [7, 11) is 0. The average molecular weight is 213 g/mol. The van der Waals surface area contributed by atoms with Crippen LogP contribution in [0.25, 0.3) is 0 Å². The monoisotopic (exact) mass is 212 g/mol. The largest absolute Gasteiger partial charge is 0.310 e. The molecule has 14 heavy (non-hydrogen) atoms. The third-order valence-electron chi connectivity index (χ3n) is 2.04. The van der Waals surface area contributed by atoms with Gasteiger partial charge in [-0.2, -0.15) is 5.26 Å². The van der Waals surface area contributed by atoms with Crippen LogP contribution < -0.4 is 5.73 Å². The molecule has 4 heteroatoms. The van der Waals surface area contributed by atoms with Crippen LogP contribution in [-0.4, -0.2) is 0 Å². The Labute approximate surface area is 87.1 Å². The van der Waals surface area contributed by atoms with Crippen molar-refractivity contribution in [1.29, 1.82) is 5.26 Å². The quantitative estimate of drug-likeness (QED) is 0.778. The fourth-order valence-corrected chi connectivity index (χ4v) is 1.54. The molecule has 0 aromatic heterocycles. The molecule has 0 saturated heterocycles. The van der Waals surface area contributed by atoms with Gasteiger partial charge in [-0.3, -0.25) is 0 Å². The topological polar surface area (TPSA) is 49.8 Å². The summed E-state index contributed by atoms with van der Waals surface area (Å²) < 4.78 is 13.4. The van der Waals surface area contributed by atoms with E-state index >= 15 is 0 Å². The van der Waals surface area contributed by atoms with E-state index in [-0.39, 0.29) is 10.6 Å². The first-order valence-corrected chi connectivity index (χ1v) is 4.43. The van der Waals surface area contributed by atoms with E-state index in [0.717, 1.165) is 0 Å². The summed E-state index contributed by atoms with van der Waals surface area (Å²) in [5, 5.41) is 9.01. The minimum Gasteiger partial charge on any atom is -0.310 e. The van der Waals surface area contributed by atoms with Crippen LogP contribution >= 0.6 is 11.6 Å². The first-order chi connectivity index (χ1) is 6.40. The van der Waals surface area contributed by atoms with E-state index in [1.807, 2.05) is 6.07 Å². The zero-order chi connectivity index (χ0) is 10.9. The lowest BCUT2D eigenvalue weighted by Gasteiger charge is -2.19. The van der Waals surface area contributed by atoms with Crippen molar-refractivity contribution in [2.75, 3.05) is 0 Å². The molecule has 0 heterocycles. The highest BCUT2D eigenvalue weighted by Gasteiger charge is 2.28. The zero-order valence-corrected chi connectivity index (χ0v) is 8.69. The van der Waals surface area contributed by atoms with Crippen molar-refractivity contribution in [3.8, 4) is 6.07 Å². The van der Waals surface area contributed by atoms with Crippen molar-refractivity contribution in [2.24, 2.45) is 5.73 Å². The van der Waals surface area contributed by atoms with E-state index in [2.05, 4.69) is 0 Å². The second-order valence-electron chi connectivity index (χ2n) is 3.37. The van der Waals surface area contributed by atoms with Crippen molar-refractivity contribution >= 4 is 11.6 Å². The number of benzene rings is 1. The number of hydrogen-bond acceptors (Lipinski definition) is 2. The number of nitriles is 1. The smallest absolute Gasteiger partial charge is 0.131 e. The minimum absolute atomic E-state index is 0.0571. The summed E-state index contributed by atoms with van der Waals surface area (Å²) in [5.41, 5.74) is 4.99. The standard InChI is InChI=1S/C10H10ClFN2/c1-6-3-4-7(12)8(9(6)11)10(2,14)5-13/h3-4H,14H2,1-2H3/t10-/m0/s1. The summed E-state index contributed by atoms with van der Waals surface area (Å²) in [4.78, 5) is 0. The lowest BCUT2D eigenvalue weighted by Crippen LogP contribution is -2.32. The highest BCUT2D eigenvalue weighted by molar-refractivity contribution is 6.32. The van der Waals surface area contributed by atoms with Crippen LogP contribution in [0.15, 0.2) is 12.1 Å². The molecule has 0 aliphatic rings. The fraction of sp³-hybridized carbons (Fsp3) is 0.300. The van der Waals surface area contributed by atoms with E-state index in [1.54, 1.807) is 13.0 Å². The maximum atomic E-state index is 13.4. The molecule has 0 bridgehead atoms. The van der Waals surface area contributed by atoms with Gasteiger partial charge >= 0.3 is 0 Å². The van der Waals surface area contributed by atoms with Crippen molar-refractivity contribution in [3.05, 3.63) is 34.1 Å². The van der Waals surface area contributed by atoms with Crippen LogP contribution in [0.1, 0.15) is 18.1 Å². The van der Waals surface area contributed by atoms with Crippen LogP contribution in [0.3, 0.4) is 0 Å². The first kappa shape index (κ1) is 11.0. The van der Waals surface area contributed by atoms with Gasteiger partial charge < -0.3 is 5.73 Å².